The molecule has 7 heteroatoms. The van der Waals surface area contributed by atoms with Gasteiger partial charge in [0, 0.05) is 12.0 Å². The van der Waals surface area contributed by atoms with Gasteiger partial charge in [0.15, 0.2) is 11.4 Å². The third-order valence-corrected chi connectivity index (χ3v) is 5.09. The average molecular weight is 507 g/mol. The minimum absolute atomic E-state index is 0.199. The number of cyclic esters (lactones) is 1. The molecule has 3 rings (SSSR count). The van der Waals surface area contributed by atoms with Crippen molar-refractivity contribution in [3.05, 3.63) is 67.7 Å². The summed E-state index contributed by atoms with van der Waals surface area (Å²) in [6.07, 6.45) is 2.67. The molecule has 0 radical (unpaired) electrons. The molecule has 0 amide bonds. The van der Waals surface area contributed by atoms with Gasteiger partial charge in [-0.3, -0.25) is 4.79 Å². The monoisotopic (exact) mass is 505 g/mol. The van der Waals surface area contributed by atoms with Crippen molar-refractivity contribution in [1.82, 2.24) is 0 Å². The van der Waals surface area contributed by atoms with E-state index < -0.39 is 5.97 Å². The molecule has 1 aliphatic heterocycles. The zero-order valence-corrected chi connectivity index (χ0v) is 18.5. The number of aliphatic imine (C=N–C) groups is 1. The summed E-state index contributed by atoms with van der Waals surface area (Å²) in [5, 5.41) is 0. The highest BCUT2D eigenvalue weighted by Crippen LogP contribution is 2.36. The summed E-state index contributed by atoms with van der Waals surface area (Å²) < 4.78 is 11.8. The van der Waals surface area contributed by atoms with Crippen molar-refractivity contribution in [2.24, 2.45) is 4.99 Å². The fourth-order valence-electron chi connectivity index (χ4n) is 2.52. The lowest BCUT2D eigenvalue weighted by Crippen LogP contribution is -2.08. The van der Waals surface area contributed by atoms with Crippen LogP contribution in [-0.4, -0.2) is 17.8 Å². The Kier molecular flexibility index (Phi) is 6.46. The molecule has 0 atom stereocenters. The lowest BCUT2D eigenvalue weighted by molar-refractivity contribution is -0.134. The van der Waals surface area contributed by atoms with Crippen molar-refractivity contribution in [3.8, 4) is 5.75 Å². The molecule has 1 aliphatic rings. The zero-order valence-electron chi connectivity index (χ0n) is 15.3. The van der Waals surface area contributed by atoms with Gasteiger partial charge in [-0.25, -0.2) is 9.79 Å². The third-order valence-electron chi connectivity index (χ3n) is 3.91. The molecular formula is C21H17Br2NO4. The van der Waals surface area contributed by atoms with E-state index in [2.05, 4.69) is 36.9 Å². The van der Waals surface area contributed by atoms with Crippen molar-refractivity contribution >= 4 is 55.8 Å². The molecule has 28 heavy (non-hydrogen) atoms. The lowest BCUT2D eigenvalue weighted by Gasteiger charge is -2.09. The molecule has 0 saturated carbocycles. The van der Waals surface area contributed by atoms with Crippen molar-refractivity contribution in [3.63, 3.8) is 0 Å². The third kappa shape index (κ3) is 4.77. The summed E-state index contributed by atoms with van der Waals surface area (Å²) in [5.41, 5.74) is 2.75. The van der Waals surface area contributed by atoms with Gasteiger partial charge in [0.2, 0.25) is 5.90 Å². The molecule has 0 aromatic heterocycles. The first-order chi connectivity index (χ1) is 13.4. The van der Waals surface area contributed by atoms with Crippen LogP contribution in [0.3, 0.4) is 0 Å². The second kappa shape index (κ2) is 8.84. The number of hydrogen-bond acceptors (Lipinski definition) is 5. The quantitative estimate of drug-likeness (QED) is 0.302. The molecule has 5 nitrogen and oxygen atoms in total. The van der Waals surface area contributed by atoms with E-state index in [1.165, 1.54) is 0 Å². The Morgan fingerprint density at radius 3 is 2.43 bits per heavy atom. The van der Waals surface area contributed by atoms with E-state index in [0.29, 0.717) is 33.1 Å². The van der Waals surface area contributed by atoms with E-state index in [0.717, 1.165) is 11.1 Å². The van der Waals surface area contributed by atoms with Crippen LogP contribution in [0.4, 0.5) is 0 Å². The summed E-state index contributed by atoms with van der Waals surface area (Å²) >= 11 is 6.82. The minimum atomic E-state index is -0.513. The van der Waals surface area contributed by atoms with Gasteiger partial charge < -0.3 is 9.47 Å². The number of rotatable bonds is 5. The fraction of sp³-hybridized carbons (Fsp3) is 0.190. The second-order valence-electron chi connectivity index (χ2n) is 6.24. The van der Waals surface area contributed by atoms with Crippen molar-refractivity contribution in [2.75, 3.05) is 0 Å². The lowest BCUT2D eigenvalue weighted by atomic mass is 10.1. The van der Waals surface area contributed by atoms with Gasteiger partial charge in [0.05, 0.1) is 8.95 Å². The molecule has 2 aromatic rings. The van der Waals surface area contributed by atoms with Gasteiger partial charge in [0.1, 0.15) is 0 Å². The standard InChI is InChI=1S/C21H17Br2NO4/c1-3-4-18(25)27-19-15(22)9-13(10-16(19)23)11-17-21(26)28-20(24-17)14-7-5-12(2)6-8-14/h5-11H,3-4H2,1-2H3/b17-11-. The molecule has 2 aromatic carbocycles. The van der Waals surface area contributed by atoms with E-state index in [1.54, 1.807) is 18.2 Å². The van der Waals surface area contributed by atoms with E-state index >= 15 is 0 Å². The number of benzene rings is 2. The molecule has 0 N–H and O–H groups in total. The van der Waals surface area contributed by atoms with E-state index in [4.69, 9.17) is 9.47 Å². The van der Waals surface area contributed by atoms with Crippen LogP contribution in [0.2, 0.25) is 0 Å². The molecule has 144 valence electrons. The first-order valence-corrected chi connectivity index (χ1v) is 10.2. The molecule has 0 unspecified atom stereocenters. The molecule has 0 fully saturated rings. The topological polar surface area (TPSA) is 65.0 Å². The summed E-state index contributed by atoms with van der Waals surface area (Å²) in [6.45, 7) is 3.89. The van der Waals surface area contributed by atoms with Gasteiger partial charge in [-0.15, -0.1) is 0 Å². The van der Waals surface area contributed by atoms with Gasteiger partial charge in [-0.1, -0.05) is 24.6 Å². The number of carbonyl (C=O) groups excluding carboxylic acids is 2. The Morgan fingerprint density at radius 1 is 1.18 bits per heavy atom. The Hall–Kier alpha value is -2.25. The van der Waals surface area contributed by atoms with Crippen LogP contribution >= 0.6 is 31.9 Å². The fourth-order valence-corrected chi connectivity index (χ4v) is 3.90. The van der Waals surface area contributed by atoms with Crippen molar-refractivity contribution < 1.29 is 19.1 Å². The first-order valence-electron chi connectivity index (χ1n) is 8.66. The zero-order chi connectivity index (χ0) is 20.3. The molecule has 0 saturated heterocycles. The van der Waals surface area contributed by atoms with Crippen LogP contribution < -0.4 is 4.74 Å². The maximum Gasteiger partial charge on any atom is 0.363 e. The van der Waals surface area contributed by atoms with Crippen molar-refractivity contribution in [2.45, 2.75) is 26.7 Å². The summed E-state index contributed by atoms with van der Waals surface area (Å²) in [6, 6.07) is 11.1. The van der Waals surface area contributed by atoms with Gasteiger partial charge in [-0.2, -0.15) is 0 Å². The predicted molar refractivity (Wildman–Crippen MR) is 114 cm³/mol. The maximum atomic E-state index is 12.2. The maximum absolute atomic E-state index is 12.2. The normalized spacial score (nSPS) is 14.8. The largest absolute Gasteiger partial charge is 0.424 e. The van der Waals surface area contributed by atoms with E-state index in [1.807, 2.05) is 38.1 Å². The number of esters is 2. The highest BCUT2D eigenvalue weighted by Gasteiger charge is 2.24. The Morgan fingerprint density at radius 2 is 1.82 bits per heavy atom. The number of nitrogens with zero attached hydrogens (tertiary/aromatic N) is 1. The summed E-state index contributed by atoms with van der Waals surface area (Å²) in [7, 11) is 0. The van der Waals surface area contributed by atoms with Crippen molar-refractivity contribution in [1.29, 1.82) is 0 Å². The number of carbonyl (C=O) groups is 2. The molecule has 0 spiro atoms. The van der Waals surface area contributed by atoms with Crippen LogP contribution in [0.1, 0.15) is 36.5 Å². The Labute approximate surface area is 179 Å². The average Bonchev–Trinajstić information content (AvgIpc) is 2.99. The molecule has 0 bridgehead atoms. The van der Waals surface area contributed by atoms with Crippen LogP contribution in [-0.2, 0) is 14.3 Å². The summed E-state index contributed by atoms with van der Waals surface area (Å²) in [4.78, 5) is 28.3. The van der Waals surface area contributed by atoms with Crippen LogP contribution in [0.25, 0.3) is 6.08 Å². The van der Waals surface area contributed by atoms with Gasteiger partial charge in [-0.05, 0) is 81.1 Å². The number of aryl methyl sites for hydroxylation is 1. The van der Waals surface area contributed by atoms with Crippen LogP contribution in [0, 0.1) is 6.92 Å². The number of halogens is 2. The Bertz CT molecular complexity index is 971. The number of hydrogen-bond donors (Lipinski definition) is 0. The predicted octanol–water partition coefficient (Wildman–Crippen LogP) is 5.57. The second-order valence-corrected chi connectivity index (χ2v) is 7.95. The highest BCUT2D eigenvalue weighted by atomic mass is 79.9. The highest BCUT2D eigenvalue weighted by molar-refractivity contribution is 9.11. The smallest absolute Gasteiger partial charge is 0.363 e. The molecule has 1 heterocycles. The van der Waals surface area contributed by atoms with E-state index in [9.17, 15) is 9.59 Å². The van der Waals surface area contributed by atoms with E-state index in [-0.39, 0.29) is 17.6 Å². The summed E-state index contributed by atoms with van der Waals surface area (Å²) in [5.74, 6) is -0.138. The minimum Gasteiger partial charge on any atom is -0.424 e. The SMILES string of the molecule is CCCC(=O)Oc1c(Br)cc(/C=C2\N=C(c3ccc(C)cc3)OC2=O)cc1Br. The van der Waals surface area contributed by atoms with Crippen LogP contribution in [0.5, 0.6) is 5.75 Å². The van der Waals surface area contributed by atoms with Gasteiger partial charge in [0.25, 0.3) is 0 Å². The molecule has 0 aliphatic carbocycles. The number of ether oxygens (including phenoxy) is 2. The van der Waals surface area contributed by atoms with Crippen LogP contribution in [0.15, 0.2) is 56.0 Å². The van der Waals surface area contributed by atoms with Gasteiger partial charge >= 0.3 is 11.9 Å². The Balaban J connectivity index is 1.87. The first kappa shape index (κ1) is 20.5. The molecular weight excluding hydrogens is 490 g/mol.